The summed E-state index contributed by atoms with van der Waals surface area (Å²) in [4.78, 5) is 18.6. The minimum absolute atomic E-state index is 0.0313. The number of halogens is 1. The fraction of sp³-hybridized carbons (Fsp3) is 0.333. The van der Waals surface area contributed by atoms with E-state index in [1.807, 2.05) is 37.3 Å². The molecule has 26 heavy (non-hydrogen) atoms. The summed E-state index contributed by atoms with van der Waals surface area (Å²) in [6.07, 6.45) is 0. The van der Waals surface area contributed by atoms with Crippen molar-refractivity contribution in [1.29, 1.82) is 0 Å². The van der Waals surface area contributed by atoms with Crippen LogP contribution in [0, 0.1) is 19.7 Å². The van der Waals surface area contributed by atoms with Crippen LogP contribution in [-0.2, 0) is 11.3 Å². The maximum atomic E-state index is 13.3. The van der Waals surface area contributed by atoms with Crippen LogP contribution >= 0.6 is 11.8 Å². The average molecular weight is 373 g/mol. The van der Waals surface area contributed by atoms with E-state index in [9.17, 15) is 9.18 Å². The maximum Gasteiger partial charge on any atom is 0.256 e. The van der Waals surface area contributed by atoms with Gasteiger partial charge in [-0.15, -0.1) is 10.2 Å². The fourth-order valence-electron chi connectivity index (χ4n) is 2.74. The Morgan fingerprint density at radius 2 is 2.08 bits per heavy atom. The summed E-state index contributed by atoms with van der Waals surface area (Å²) in [6, 6.07) is 8.26. The van der Waals surface area contributed by atoms with Gasteiger partial charge in [0, 0.05) is 24.5 Å². The molecule has 1 amide bonds. The molecule has 136 valence electrons. The van der Waals surface area contributed by atoms with Crippen molar-refractivity contribution in [1.82, 2.24) is 24.5 Å². The Morgan fingerprint density at radius 1 is 1.27 bits per heavy atom. The van der Waals surface area contributed by atoms with E-state index in [1.165, 1.54) is 23.9 Å². The van der Waals surface area contributed by atoms with Gasteiger partial charge in [-0.2, -0.15) is 0 Å². The first-order valence-corrected chi connectivity index (χ1v) is 9.31. The highest BCUT2D eigenvalue weighted by Crippen LogP contribution is 2.19. The van der Waals surface area contributed by atoms with Crippen molar-refractivity contribution < 1.29 is 9.18 Å². The summed E-state index contributed by atoms with van der Waals surface area (Å²) >= 11 is 1.33. The molecule has 0 unspecified atom stereocenters. The second kappa shape index (κ2) is 7.82. The van der Waals surface area contributed by atoms with Gasteiger partial charge in [0.25, 0.3) is 5.78 Å². The molecule has 2 heterocycles. The van der Waals surface area contributed by atoms with E-state index in [0.29, 0.717) is 24.0 Å². The van der Waals surface area contributed by atoms with Crippen molar-refractivity contribution in [3.8, 4) is 0 Å². The van der Waals surface area contributed by atoms with Crippen LogP contribution in [-0.4, -0.2) is 42.7 Å². The van der Waals surface area contributed by atoms with Crippen LogP contribution in [0.2, 0.25) is 0 Å². The van der Waals surface area contributed by atoms with Crippen LogP contribution in [0.1, 0.15) is 23.9 Å². The number of thioether (sulfide) groups is 1. The summed E-state index contributed by atoms with van der Waals surface area (Å²) in [5.41, 5.74) is 2.62. The molecule has 0 N–H and O–H groups in total. The Labute approximate surface area is 155 Å². The molecule has 0 radical (unpaired) electrons. The summed E-state index contributed by atoms with van der Waals surface area (Å²) < 4.78 is 15.2. The number of amides is 1. The van der Waals surface area contributed by atoms with Gasteiger partial charge in [-0.05, 0) is 44.5 Å². The van der Waals surface area contributed by atoms with Crippen LogP contribution in [0.3, 0.4) is 0 Å². The quantitative estimate of drug-likeness (QED) is 0.622. The first-order chi connectivity index (χ1) is 12.5. The number of fused-ring (bicyclic) bond motifs is 1. The second-order valence-electron chi connectivity index (χ2n) is 5.98. The van der Waals surface area contributed by atoms with Gasteiger partial charge in [-0.1, -0.05) is 23.9 Å². The zero-order valence-corrected chi connectivity index (χ0v) is 15.8. The lowest BCUT2D eigenvalue weighted by atomic mass is 10.2. The molecule has 3 aromatic rings. The zero-order valence-electron chi connectivity index (χ0n) is 14.9. The van der Waals surface area contributed by atoms with Gasteiger partial charge in [-0.25, -0.2) is 9.37 Å². The lowest BCUT2D eigenvalue weighted by molar-refractivity contribution is -0.128. The van der Waals surface area contributed by atoms with Gasteiger partial charge in [0.05, 0.1) is 5.75 Å². The normalized spacial score (nSPS) is 11.1. The van der Waals surface area contributed by atoms with Gasteiger partial charge in [-0.3, -0.25) is 9.20 Å². The molecular formula is C18H20FN5OS. The van der Waals surface area contributed by atoms with Crippen molar-refractivity contribution in [2.24, 2.45) is 0 Å². The molecule has 0 aliphatic rings. The van der Waals surface area contributed by atoms with Crippen LogP contribution in [0.15, 0.2) is 35.5 Å². The van der Waals surface area contributed by atoms with Gasteiger partial charge in [0.15, 0.2) is 5.16 Å². The number of carbonyl (C=O) groups excluding carboxylic acids is 1. The van der Waals surface area contributed by atoms with E-state index < -0.39 is 0 Å². The van der Waals surface area contributed by atoms with Crippen molar-refractivity contribution >= 4 is 23.4 Å². The number of benzene rings is 1. The molecule has 0 saturated carbocycles. The van der Waals surface area contributed by atoms with Gasteiger partial charge in [0.1, 0.15) is 5.82 Å². The SMILES string of the molecule is CCN(Cc1cccc(F)c1)C(=O)CSc1nnc2nc(C)cc(C)n12. The molecule has 0 spiro atoms. The summed E-state index contributed by atoms with van der Waals surface area (Å²) in [5.74, 6) is 0.437. The third-order valence-electron chi connectivity index (χ3n) is 3.98. The largest absolute Gasteiger partial charge is 0.338 e. The predicted molar refractivity (Wildman–Crippen MR) is 98.5 cm³/mol. The second-order valence-corrected chi connectivity index (χ2v) is 6.93. The van der Waals surface area contributed by atoms with Crippen molar-refractivity contribution in [2.75, 3.05) is 12.3 Å². The van der Waals surface area contributed by atoms with E-state index >= 15 is 0 Å². The summed E-state index contributed by atoms with van der Waals surface area (Å²) in [5, 5.41) is 8.86. The van der Waals surface area contributed by atoms with Crippen molar-refractivity contribution in [2.45, 2.75) is 32.5 Å². The molecule has 2 aromatic heterocycles. The topological polar surface area (TPSA) is 63.4 Å². The maximum absolute atomic E-state index is 13.3. The number of carbonyl (C=O) groups is 1. The van der Waals surface area contributed by atoms with E-state index in [1.54, 1.807) is 11.0 Å². The first-order valence-electron chi connectivity index (χ1n) is 8.32. The molecule has 1 aromatic carbocycles. The minimum Gasteiger partial charge on any atom is -0.338 e. The Morgan fingerprint density at radius 3 is 2.81 bits per heavy atom. The van der Waals surface area contributed by atoms with Crippen LogP contribution in [0.5, 0.6) is 0 Å². The summed E-state index contributed by atoms with van der Waals surface area (Å²) in [7, 11) is 0. The van der Waals surface area contributed by atoms with E-state index in [0.717, 1.165) is 17.0 Å². The minimum atomic E-state index is -0.298. The number of aromatic nitrogens is 4. The molecule has 0 aliphatic carbocycles. The monoisotopic (exact) mass is 373 g/mol. The highest BCUT2D eigenvalue weighted by Gasteiger charge is 2.16. The predicted octanol–water partition coefficient (Wildman–Crippen LogP) is 3.02. The molecule has 6 nitrogen and oxygen atoms in total. The third kappa shape index (κ3) is 4.01. The molecule has 0 aliphatic heterocycles. The number of aryl methyl sites for hydroxylation is 2. The zero-order chi connectivity index (χ0) is 18.7. The fourth-order valence-corrected chi connectivity index (χ4v) is 3.63. The third-order valence-corrected chi connectivity index (χ3v) is 4.90. The van der Waals surface area contributed by atoms with Crippen molar-refractivity contribution in [3.05, 3.63) is 53.1 Å². The number of hydrogen-bond donors (Lipinski definition) is 0. The lowest BCUT2D eigenvalue weighted by Crippen LogP contribution is -2.31. The molecule has 0 saturated heterocycles. The van der Waals surface area contributed by atoms with Gasteiger partial charge in [0.2, 0.25) is 5.91 Å². The molecule has 0 fully saturated rings. The molecule has 3 rings (SSSR count). The molecule has 8 heteroatoms. The van der Waals surface area contributed by atoms with E-state index in [2.05, 4.69) is 15.2 Å². The van der Waals surface area contributed by atoms with Crippen molar-refractivity contribution in [3.63, 3.8) is 0 Å². The van der Waals surface area contributed by atoms with E-state index in [-0.39, 0.29) is 17.5 Å². The van der Waals surface area contributed by atoms with Crippen LogP contribution < -0.4 is 0 Å². The highest BCUT2D eigenvalue weighted by atomic mass is 32.2. The Kier molecular flexibility index (Phi) is 5.51. The van der Waals surface area contributed by atoms with Gasteiger partial charge < -0.3 is 4.90 Å². The van der Waals surface area contributed by atoms with Crippen LogP contribution in [0.25, 0.3) is 5.78 Å². The molecular weight excluding hydrogens is 353 g/mol. The smallest absolute Gasteiger partial charge is 0.256 e. The standard InChI is InChI=1S/C18H20FN5OS/c1-4-23(10-14-6-5-7-15(19)9-14)16(25)11-26-18-22-21-17-20-12(2)8-13(3)24(17)18/h5-9H,4,10-11H2,1-3H3. The lowest BCUT2D eigenvalue weighted by Gasteiger charge is -2.20. The molecule has 0 atom stereocenters. The van der Waals surface area contributed by atoms with Crippen LogP contribution in [0.4, 0.5) is 4.39 Å². The molecule has 0 bridgehead atoms. The van der Waals surface area contributed by atoms with Gasteiger partial charge >= 0.3 is 0 Å². The number of hydrogen-bond acceptors (Lipinski definition) is 5. The van der Waals surface area contributed by atoms with E-state index in [4.69, 9.17) is 0 Å². The average Bonchev–Trinajstić information content (AvgIpc) is 3.00. The number of nitrogens with zero attached hydrogens (tertiary/aromatic N) is 5. The number of rotatable bonds is 6. The Hall–Kier alpha value is -2.48. The Balaban J connectivity index is 1.69. The Bertz CT molecular complexity index is 942. The first kappa shape index (κ1) is 18.3. The highest BCUT2D eigenvalue weighted by molar-refractivity contribution is 7.99. The summed E-state index contributed by atoms with van der Waals surface area (Å²) in [6.45, 7) is 6.71.